The molecule has 0 heterocycles. The van der Waals surface area contributed by atoms with Crippen LogP contribution in [0.5, 0.6) is 0 Å². The van der Waals surface area contributed by atoms with E-state index in [1.54, 1.807) is 0 Å². The van der Waals surface area contributed by atoms with Crippen LogP contribution >= 0.6 is 0 Å². The van der Waals surface area contributed by atoms with Crippen LogP contribution in [0.15, 0.2) is 11.8 Å². The van der Waals surface area contributed by atoms with Crippen molar-refractivity contribution in [3.05, 3.63) is 11.8 Å². The molecule has 0 saturated heterocycles. The topological polar surface area (TPSA) is 38.0 Å². The zero-order chi connectivity index (χ0) is 6.69. The summed E-state index contributed by atoms with van der Waals surface area (Å²) >= 11 is 0. The Hall–Kier alpha value is -0.500. The number of hydrogen-bond acceptors (Lipinski definition) is 2. The molecule has 9 heavy (non-hydrogen) atoms. The Morgan fingerprint density at radius 2 is 2.56 bits per heavy atom. The molecule has 0 aromatic rings. The maximum atomic E-state index is 5.23. The SMILES string of the molecule is CC1CC=C(NN)CC1. The second-order valence-corrected chi connectivity index (χ2v) is 2.75. The van der Waals surface area contributed by atoms with Crippen LogP contribution in [0.4, 0.5) is 0 Å². The predicted octanol–water partition coefficient (Wildman–Crippen LogP) is 1.15. The van der Waals surface area contributed by atoms with Crippen molar-refractivity contribution < 1.29 is 0 Å². The average Bonchev–Trinajstić information content (AvgIpc) is 1.90. The molecular formula is C7H14N2. The maximum absolute atomic E-state index is 5.23. The Morgan fingerprint density at radius 3 is 3.00 bits per heavy atom. The highest BCUT2D eigenvalue weighted by atomic mass is 15.2. The van der Waals surface area contributed by atoms with Crippen molar-refractivity contribution in [1.82, 2.24) is 5.43 Å². The molecule has 1 aliphatic carbocycles. The standard InChI is InChI=1S/C7H14N2/c1-6-2-4-7(9-8)5-3-6/h4,6,9H,2-3,5,8H2,1H3. The van der Waals surface area contributed by atoms with Crippen LogP contribution in [0.2, 0.25) is 0 Å². The van der Waals surface area contributed by atoms with E-state index in [0.29, 0.717) is 0 Å². The molecule has 1 rings (SSSR count). The molecule has 52 valence electrons. The fourth-order valence-corrected chi connectivity index (χ4v) is 1.10. The zero-order valence-electron chi connectivity index (χ0n) is 5.85. The molecule has 1 atom stereocenters. The van der Waals surface area contributed by atoms with Crippen LogP contribution in [0.1, 0.15) is 26.2 Å². The van der Waals surface area contributed by atoms with E-state index >= 15 is 0 Å². The monoisotopic (exact) mass is 126 g/mol. The van der Waals surface area contributed by atoms with Gasteiger partial charge in [-0.05, 0) is 25.2 Å². The number of hydrazine groups is 1. The Labute approximate surface area is 56.1 Å². The third kappa shape index (κ3) is 1.72. The summed E-state index contributed by atoms with van der Waals surface area (Å²) in [6.07, 6.45) is 5.77. The molecule has 0 fully saturated rings. The third-order valence-corrected chi connectivity index (χ3v) is 1.86. The highest BCUT2D eigenvalue weighted by Crippen LogP contribution is 2.20. The lowest BCUT2D eigenvalue weighted by Gasteiger charge is -2.16. The number of rotatable bonds is 1. The van der Waals surface area contributed by atoms with Gasteiger partial charge in [-0.25, -0.2) is 0 Å². The molecule has 0 saturated carbocycles. The molecule has 1 unspecified atom stereocenters. The van der Waals surface area contributed by atoms with Crippen molar-refractivity contribution in [2.45, 2.75) is 26.2 Å². The van der Waals surface area contributed by atoms with Crippen molar-refractivity contribution in [3.63, 3.8) is 0 Å². The molecule has 2 heteroatoms. The second-order valence-electron chi connectivity index (χ2n) is 2.75. The van der Waals surface area contributed by atoms with Crippen LogP contribution in [-0.4, -0.2) is 0 Å². The maximum Gasteiger partial charge on any atom is 0.0219 e. The minimum Gasteiger partial charge on any atom is -0.329 e. The molecule has 3 N–H and O–H groups in total. The predicted molar refractivity (Wildman–Crippen MR) is 38.4 cm³/mol. The van der Waals surface area contributed by atoms with E-state index in [1.165, 1.54) is 18.5 Å². The highest BCUT2D eigenvalue weighted by Gasteiger charge is 2.07. The lowest BCUT2D eigenvalue weighted by atomic mass is 9.95. The molecule has 0 aromatic carbocycles. The summed E-state index contributed by atoms with van der Waals surface area (Å²) in [5.41, 5.74) is 3.89. The minimum absolute atomic E-state index is 0.849. The third-order valence-electron chi connectivity index (χ3n) is 1.86. The normalized spacial score (nSPS) is 27.3. The fourth-order valence-electron chi connectivity index (χ4n) is 1.10. The van der Waals surface area contributed by atoms with E-state index in [0.717, 1.165) is 12.3 Å². The molecule has 0 aliphatic heterocycles. The van der Waals surface area contributed by atoms with Gasteiger partial charge in [0.15, 0.2) is 0 Å². The van der Waals surface area contributed by atoms with Crippen LogP contribution in [0, 0.1) is 5.92 Å². The van der Waals surface area contributed by atoms with Gasteiger partial charge < -0.3 is 5.43 Å². The second kappa shape index (κ2) is 2.87. The minimum atomic E-state index is 0.849. The average molecular weight is 126 g/mol. The van der Waals surface area contributed by atoms with Gasteiger partial charge in [-0.3, -0.25) is 5.84 Å². The summed E-state index contributed by atoms with van der Waals surface area (Å²) in [5.74, 6) is 6.08. The van der Waals surface area contributed by atoms with Crippen LogP contribution in [0.25, 0.3) is 0 Å². The highest BCUT2D eigenvalue weighted by molar-refractivity contribution is 5.02. The molecule has 0 amide bonds. The molecule has 0 radical (unpaired) electrons. The molecular weight excluding hydrogens is 112 g/mol. The van der Waals surface area contributed by atoms with Gasteiger partial charge in [0.2, 0.25) is 0 Å². The summed E-state index contributed by atoms with van der Waals surface area (Å²) in [6, 6.07) is 0. The van der Waals surface area contributed by atoms with Crippen LogP contribution in [-0.2, 0) is 0 Å². The van der Waals surface area contributed by atoms with E-state index in [1.807, 2.05) is 0 Å². The first kappa shape index (κ1) is 6.62. The van der Waals surface area contributed by atoms with Gasteiger partial charge >= 0.3 is 0 Å². The molecule has 0 bridgehead atoms. The van der Waals surface area contributed by atoms with Gasteiger partial charge in [0.05, 0.1) is 0 Å². The first-order valence-corrected chi connectivity index (χ1v) is 3.48. The van der Waals surface area contributed by atoms with Gasteiger partial charge in [0.1, 0.15) is 0 Å². The van der Waals surface area contributed by atoms with E-state index in [-0.39, 0.29) is 0 Å². The molecule has 0 spiro atoms. The van der Waals surface area contributed by atoms with Gasteiger partial charge in [0.25, 0.3) is 0 Å². The Balaban J connectivity index is 2.40. The Kier molecular flexibility index (Phi) is 2.11. The summed E-state index contributed by atoms with van der Waals surface area (Å²) in [6.45, 7) is 2.27. The summed E-state index contributed by atoms with van der Waals surface area (Å²) in [4.78, 5) is 0. The molecule has 1 aliphatic rings. The number of nitrogens with one attached hydrogen (secondary N) is 1. The Bertz CT molecular complexity index is 118. The number of allylic oxidation sites excluding steroid dienone is 2. The number of hydrogen-bond donors (Lipinski definition) is 2. The van der Waals surface area contributed by atoms with E-state index < -0.39 is 0 Å². The summed E-state index contributed by atoms with van der Waals surface area (Å²) in [5, 5.41) is 0. The Morgan fingerprint density at radius 1 is 1.78 bits per heavy atom. The smallest absolute Gasteiger partial charge is 0.0219 e. The van der Waals surface area contributed by atoms with E-state index in [4.69, 9.17) is 5.84 Å². The van der Waals surface area contributed by atoms with Gasteiger partial charge in [-0.15, -0.1) is 0 Å². The fraction of sp³-hybridized carbons (Fsp3) is 0.714. The number of nitrogens with two attached hydrogens (primary N) is 1. The van der Waals surface area contributed by atoms with Crippen molar-refractivity contribution in [2.24, 2.45) is 11.8 Å². The molecule has 0 aromatic heterocycles. The lowest BCUT2D eigenvalue weighted by molar-refractivity contribution is 0.498. The summed E-state index contributed by atoms with van der Waals surface area (Å²) in [7, 11) is 0. The van der Waals surface area contributed by atoms with E-state index in [2.05, 4.69) is 18.4 Å². The van der Waals surface area contributed by atoms with Crippen molar-refractivity contribution in [2.75, 3.05) is 0 Å². The largest absolute Gasteiger partial charge is 0.329 e. The van der Waals surface area contributed by atoms with Crippen LogP contribution < -0.4 is 11.3 Å². The first-order valence-electron chi connectivity index (χ1n) is 3.48. The first-order chi connectivity index (χ1) is 4.33. The van der Waals surface area contributed by atoms with Gasteiger partial charge in [-0.2, -0.15) is 0 Å². The quantitative estimate of drug-likeness (QED) is 0.408. The van der Waals surface area contributed by atoms with Gasteiger partial charge in [-0.1, -0.05) is 13.0 Å². The van der Waals surface area contributed by atoms with Crippen molar-refractivity contribution in [1.29, 1.82) is 0 Å². The van der Waals surface area contributed by atoms with Crippen molar-refractivity contribution in [3.8, 4) is 0 Å². The lowest BCUT2D eigenvalue weighted by Crippen LogP contribution is -2.23. The van der Waals surface area contributed by atoms with E-state index in [9.17, 15) is 0 Å². The molecule has 2 nitrogen and oxygen atoms in total. The van der Waals surface area contributed by atoms with Crippen molar-refractivity contribution >= 4 is 0 Å². The van der Waals surface area contributed by atoms with Gasteiger partial charge in [0, 0.05) is 5.70 Å². The van der Waals surface area contributed by atoms with Crippen LogP contribution in [0.3, 0.4) is 0 Å². The summed E-state index contributed by atoms with van der Waals surface area (Å²) < 4.78 is 0. The zero-order valence-corrected chi connectivity index (χ0v) is 5.85.